The van der Waals surface area contributed by atoms with Crippen molar-refractivity contribution in [2.45, 2.75) is 24.3 Å². The monoisotopic (exact) mass is 387 g/mol. The van der Waals surface area contributed by atoms with Gasteiger partial charge in [-0.1, -0.05) is 59.0 Å². The van der Waals surface area contributed by atoms with Crippen LogP contribution in [0.5, 0.6) is 5.75 Å². The maximum Gasteiger partial charge on any atom is 0.210 e. The molecular formula is C19H21N3O2S2. The van der Waals surface area contributed by atoms with Crippen LogP contribution >= 0.6 is 23.1 Å². The van der Waals surface area contributed by atoms with Gasteiger partial charge in [0.2, 0.25) is 5.13 Å². The van der Waals surface area contributed by atoms with Crippen LogP contribution in [0.3, 0.4) is 0 Å². The SMILES string of the molecule is Cc1ccc(OCC(O)CSc2nnc(Nc3ccccc3)s2)c(C)c1. The lowest BCUT2D eigenvalue weighted by atomic mass is 10.1. The van der Waals surface area contributed by atoms with Crippen molar-refractivity contribution in [1.82, 2.24) is 10.2 Å². The van der Waals surface area contributed by atoms with E-state index < -0.39 is 6.10 Å². The predicted octanol–water partition coefficient (Wildman–Crippen LogP) is 4.43. The van der Waals surface area contributed by atoms with Crippen LogP contribution in [0.15, 0.2) is 52.9 Å². The second-order valence-electron chi connectivity index (χ2n) is 5.91. The van der Waals surface area contributed by atoms with Gasteiger partial charge in [-0.25, -0.2) is 0 Å². The smallest absolute Gasteiger partial charge is 0.210 e. The molecule has 26 heavy (non-hydrogen) atoms. The standard InChI is InChI=1S/C19H21N3O2S2/c1-13-8-9-17(14(2)10-13)24-11-16(23)12-25-19-22-21-18(26-19)20-15-6-4-3-5-7-15/h3-10,16,23H,11-12H2,1-2H3,(H,20,21). The number of rotatable bonds is 8. The minimum Gasteiger partial charge on any atom is -0.491 e. The molecule has 2 aromatic carbocycles. The molecule has 0 fully saturated rings. The average Bonchev–Trinajstić information content (AvgIpc) is 3.07. The number of aromatic nitrogens is 2. The lowest BCUT2D eigenvalue weighted by Crippen LogP contribution is -2.20. The molecule has 0 aliphatic rings. The Hall–Kier alpha value is -2.09. The molecule has 0 bridgehead atoms. The fraction of sp³-hybridized carbons (Fsp3) is 0.263. The number of benzene rings is 2. The van der Waals surface area contributed by atoms with Gasteiger partial charge in [-0.2, -0.15) is 0 Å². The van der Waals surface area contributed by atoms with Crippen LogP contribution in [-0.2, 0) is 0 Å². The highest BCUT2D eigenvalue weighted by Crippen LogP contribution is 2.28. The molecule has 136 valence electrons. The highest BCUT2D eigenvalue weighted by molar-refractivity contribution is 8.01. The lowest BCUT2D eigenvalue weighted by Gasteiger charge is -2.13. The highest BCUT2D eigenvalue weighted by Gasteiger charge is 2.11. The minimum atomic E-state index is -0.574. The van der Waals surface area contributed by atoms with Crippen LogP contribution in [0, 0.1) is 13.8 Å². The summed E-state index contributed by atoms with van der Waals surface area (Å²) >= 11 is 2.94. The maximum atomic E-state index is 10.2. The van der Waals surface area contributed by atoms with Crippen molar-refractivity contribution in [3.63, 3.8) is 0 Å². The number of para-hydroxylation sites is 1. The Morgan fingerprint density at radius 1 is 1.15 bits per heavy atom. The van der Waals surface area contributed by atoms with Crippen LogP contribution in [0.1, 0.15) is 11.1 Å². The fourth-order valence-electron chi connectivity index (χ4n) is 2.33. The third-order valence-electron chi connectivity index (χ3n) is 3.59. The zero-order valence-electron chi connectivity index (χ0n) is 14.7. The molecule has 5 nitrogen and oxygen atoms in total. The molecule has 1 aromatic heterocycles. The topological polar surface area (TPSA) is 67.3 Å². The van der Waals surface area contributed by atoms with E-state index in [9.17, 15) is 5.11 Å². The van der Waals surface area contributed by atoms with Gasteiger partial charge in [-0.05, 0) is 37.6 Å². The van der Waals surface area contributed by atoms with Gasteiger partial charge in [-0.15, -0.1) is 10.2 Å². The van der Waals surface area contributed by atoms with Crippen molar-refractivity contribution in [2.75, 3.05) is 17.7 Å². The average molecular weight is 388 g/mol. The number of thioether (sulfide) groups is 1. The summed E-state index contributed by atoms with van der Waals surface area (Å²) < 4.78 is 6.53. The molecule has 0 aliphatic carbocycles. The molecule has 7 heteroatoms. The summed E-state index contributed by atoms with van der Waals surface area (Å²) in [6.07, 6.45) is -0.574. The van der Waals surface area contributed by atoms with E-state index in [-0.39, 0.29) is 6.61 Å². The van der Waals surface area contributed by atoms with E-state index in [1.807, 2.05) is 56.3 Å². The Balaban J connectivity index is 1.45. The van der Waals surface area contributed by atoms with Crippen LogP contribution in [0.4, 0.5) is 10.8 Å². The molecule has 0 aliphatic heterocycles. The maximum absolute atomic E-state index is 10.2. The molecule has 3 rings (SSSR count). The quantitative estimate of drug-likeness (QED) is 0.557. The van der Waals surface area contributed by atoms with Crippen molar-refractivity contribution < 1.29 is 9.84 Å². The first-order chi connectivity index (χ1) is 12.6. The Morgan fingerprint density at radius 2 is 1.96 bits per heavy atom. The van der Waals surface area contributed by atoms with E-state index >= 15 is 0 Å². The Morgan fingerprint density at radius 3 is 2.73 bits per heavy atom. The highest BCUT2D eigenvalue weighted by atomic mass is 32.2. The number of nitrogens with zero attached hydrogens (tertiary/aromatic N) is 2. The van der Waals surface area contributed by atoms with Crippen LogP contribution in [-0.4, -0.2) is 33.8 Å². The third kappa shape index (κ3) is 5.45. The van der Waals surface area contributed by atoms with Crippen LogP contribution in [0.2, 0.25) is 0 Å². The van der Waals surface area contributed by atoms with E-state index in [1.165, 1.54) is 28.7 Å². The van der Waals surface area contributed by atoms with Gasteiger partial charge in [0, 0.05) is 11.4 Å². The summed E-state index contributed by atoms with van der Waals surface area (Å²) in [7, 11) is 0. The minimum absolute atomic E-state index is 0.255. The van der Waals surface area contributed by atoms with Gasteiger partial charge in [-0.3, -0.25) is 0 Å². The van der Waals surface area contributed by atoms with Gasteiger partial charge in [0.15, 0.2) is 4.34 Å². The number of anilines is 2. The predicted molar refractivity (Wildman–Crippen MR) is 108 cm³/mol. The van der Waals surface area contributed by atoms with Crippen molar-refractivity contribution in [1.29, 1.82) is 0 Å². The van der Waals surface area contributed by atoms with E-state index in [4.69, 9.17) is 4.74 Å². The van der Waals surface area contributed by atoms with Gasteiger partial charge in [0.05, 0.1) is 6.10 Å². The zero-order valence-corrected chi connectivity index (χ0v) is 16.3. The molecule has 0 saturated heterocycles. The van der Waals surface area contributed by atoms with Crippen molar-refractivity contribution in [2.24, 2.45) is 0 Å². The second-order valence-corrected chi connectivity index (χ2v) is 8.15. The largest absolute Gasteiger partial charge is 0.491 e. The first-order valence-electron chi connectivity index (χ1n) is 8.26. The number of aryl methyl sites for hydroxylation is 2. The zero-order chi connectivity index (χ0) is 18.4. The van der Waals surface area contributed by atoms with Crippen molar-refractivity contribution in [3.05, 3.63) is 59.7 Å². The van der Waals surface area contributed by atoms with E-state index in [0.29, 0.717) is 5.75 Å². The van der Waals surface area contributed by atoms with Crippen LogP contribution in [0.25, 0.3) is 0 Å². The molecule has 0 amide bonds. The summed E-state index contributed by atoms with van der Waals surface area (Å²) in [6.45, 7) is 4.31. The first kappa shape index (κ1) is 18.7. The molecule has 1 heterocycles. The van der Waals surface area contributed by atoms with Crippen molar-refractivity contribution >= 4 is 33.9 Å². The van der Waals surface area contributed by atoms with Crippen molar-refractivity contribution in [3.8, 4) is 5.75 Å². The van der Waals surface area contributed by atoms with E-state index in [2.05, 4.69) is 21.6 Å². The number of hydrogen-bond acceptors (Lipinski definition) is 7. The summed E-state index contributed by atoms with van der Waals surface area (Å²) in [5.74, 6) is 1.31. The van der Waals surface area contributed by atoms with Gasteiger partial charge in [0.1, 0.15) is 12.4 Å². The summed E-state index contributed by atoms with van der Waals surface area (Å²) in [5, 5.41) is 22.4. The van der Waals surface area contributed by atoms with Gasteiger partial charge < -0.3 is 15.2 Å². The van der Waals surface area contributed by atoms with E-state index in [1.54, 1.807) is 0 Å². The normalized spacial score (nSPS) is 12.0. The van der Waals surface area contributed by atoms with Crippen LogP contribution < -0.4 is 10.1 Å². The Bertz CT molecular complexity index is 840. The second kappa shape index (κ2) is 9.02. The Labute approximate surface area is 161 Å². The molecule has 0 spiro atoms. The molecule has 3 aromatic rings. The number of nitrogens with one attached hydrogen (secondary N) is 1. The molecule has 1 unspecified atom stereocenters. The number of ether oxygens (including phenoxy) is 1. The summed E-state index contributed by atoms with van der Waals surface area (Å²) in [5.41, 5.74) is 3.25. The molecule has 2 N–H and O–H groups in total. The number of hydrogen-bond donors (Lipinski definition) is 2. The number of aliphatic hydroxyl groups is 1. The van der Waals surface area contributed by atoms with Gasteiger partial charge >= 0.3 is 0 Å². The third-order valence-corrected chi connectivity index (χ3v) is 5.71. The lowest BCUT2D eigenvalue weighted by molar-refractivity contribution is 0.126. The first-order valence-corrected chi connectivity index (χ1v) is 10.1. The summed E-state index contributed by atoms with van der Waals surface area (Å²) in [6, 6.07) is 15.9. The summed E-state index contributed by atoms with van der Waals surface area (Å²) in [4.78, 5) is 0. The van der Waals surface area contributed by atoms with E-state index in [0.717, 1.165) is 26.5 Å². The number of aliphatic hydroxyl groups excluding tert-OH is 1. The fourth-order valence-corrected chi connectivity index (χ4v) is 4.03. The molecule has 0 radical (unpaired) electrons. The molecular weight excluding hydrogens is 366 g/mol. The molecule has 1 atom stereocenters. The Kier molecular flexibility index (Phi) is 6.49. The molecule has 0 saturated carbocycles. The van der Waals surface area contributed by atoms with Gasteiger partial charge in [0.25, 0.3) is 0 Å².